The van der Waals surface area contributed by atoms with Crippen LogP contribution < -0.4 is 5.32 Å². The van der Waals surface area contributed by atoms with E-state index in [-0.39, 0.29) is 0 Å². The molecule has 4 heteroatoms. The van der Waals surface area contributed by atoms with Gasteiger partial charge in [-0.2, -0.15) is 5.26 Å². The fraction of sp³-hybridized carbons (Fsp3) is 0.938. The van der Waals surface area contributed by atoms with Gasteiger partial charge in [0.1, 0.15) is 5.54 Å². The Morgan fingerprint density at radius 2 is 2.00 bits per heavy atom. The summed E-state index contributed by atoms with van der Waals surface area (Å²) in [6.07, 6.45) is 6.48. The second-order valence-corrected chi connectivity index (χ2v) is 6.64. The fourth-order valence-electron chi connectivity index (χ4n) is 3.52. The number of nitrogens with one attached hydrogen (secondary N) is 1. The summed E-state index contributed by atoms with van der Waals surface area (Å²) in [4.78, 5) is 5.15. The quantitative estimate of drug-likeness (QED) is 0.805. The third-order valence-electron chi connectivity index (χ3n) is 4.71. The van der Waals surface area contributed by atoms with Gasteiger partial charge in [-0.15, -0.1) is 0 Å². The maximum atomic E-state index is 9.44. The molecule has 2 aliphatic rings. The molecule has 1 N–H and O–H groups in total. The Morgan fingerprint density at radius 3 is 2.65 bits per heavy atom. The Hall–Kier alpha value is -0.630. The van der Waals surface area contributed by atoms with Gasteiger partial charge in [0.05, 0.1) is 6.07 Å². The molecule has 0 amide bonds. The number of piperidine rings is 1. The van der Waals surface area contributed by atoms with Gasteiger partial charge in [-0.25, -0.2) is 0 Å². The number of hydrogen-bond donors (Lipinski definition) is 1. The second kappa shape index (κ2) is 7.40. The average Bonchev–Trinajstić information content (AvgIpc) is 2.94. The molecule has 0 spiro atoms. The lowest BCUT2D eigenvalue weighted by Crippen LogP contribution is -2.51. The first-order valence-corrected chi connectivity index (χ1v) is 8.29. The first-order chi connectivity index (χ1) is 9.67. The van der Waals surface area contributed by atoms with E-state index in [1.807, 2.05) is 6.92 Å². The molecule has 2 unspecified atom stereocenters. The molecule has 2 fully saturated rings. The van der Waals surface area contributed by atoms with E-state index in [0.717, 1.165) is 38.6 Å². The zero-order chi connectivity index (χ0) is 14.4. The van der Waals surface area contributed by atoms with E-state index >= 15 is 0 Å². The second-order valence-electron chi connectivity index (χ2n) is 6.64. The predicted molar refractivity (Wildman–Crippen MR) is 82.6 cm³/mol. The van der Waals surface area contributed by atoms with Crippen molar-refractivity contribution in [3.8, 4) is 6.07 Å². The maximum Gasteiger partial charge on any atom is 0.116 e. The van der Waals surface area contributed by atoms with Gasteiger partial charge >= 0.3 is 0 Å². The molecule has 0 radical (unpaired) electrons. The predicted octanol–water partition coefficient (Wildman–Crippen LogP) is 1.83. The van der Waals surface area contributed by atoms with Gasteiger partial charge in [-0.3, -0.25) is 15.1 Å². The van der Waals surface area contributed by atoms with Gasteiger partial charge in [0, 0.05) is 19.1 Å². The molecule has 2 atom stereocenters. The minimum absolute atomic E-state index is 0.396. The first-order valence-electron chi connectivity index (χ1n) is 8.29. The largest absolute Gasteiger partial charge is 0.299 e. The Morgan fingerprint density at radius 1 is 1.25 bits per heavy atom. The fourth-order valence-corrected chi connectivity index (χ4v) is 3.52. The minimum Gasteiger partial charge on any atom is -0.299 e. The van der Waals surface area contributed by atoms with Crippen LogP contribution in [0.2, 0.25) is 0 Å². The maximum absolute atomic E-state index is 9.44. The van der Waals surface area contributed by atoms with Crippen LogP contribution in [-0.4, -0.2) is 60.6 Å². The summed E-state index contributed by atoms with van der Waals surface area (Å²) in [5.74, 6) is 0. The molecule has 2 saturated heterocycles. The SMILES string of the molecule is CCCNC(C)(C#N)CN1CCC(N2CCCCC2)C1. The van der Waals surface area contributed by atoms with Gasteiger partial charge in [0.15, 0.2) is 0 Å². The molecule has 0 aliphatic carbocycles. The van der Waals surface area contributed by atoms with Crippen LogP contribution in [0.1, 0.15) is 46.0 Å². The van der Waals surface area contributed by atoms with E-state index < -0.39 is 5.54 Å². The van der Waals surface area contributed by atoms with Gasteiger partial charge < -0.3 is 0 Å². The highest BCUT2D eigenvalue weighted by Crippen LogP contribution is 2.21. The van der Waals surface area contributed by atoms with E-state index in [4.69, 9.17) is 0 Å². The van der Waals surface area contributed by atoms with Crippen LogP contribution in [0.3, 0.4) is 0 Å². The first kappa shape index (κ1) is 15.8. The third kappa shape index (κ3) is 4.18. The molecule has 0 aromatic rings. The molecule has 4 nitrogen and oxygen atoms in total. The molecular weight excluding hydrogens is 248 g/mol. The van der Waals surface area contributed by atoms with Crippen LogP contribution in [0.4, 0.5) is 0 Å². The van der Waals surface area contributed by atoms with Crippen molar-refractivity contribution in [2.24, 2.45) is 0 Å². The Balaban J connectivity index is 1.81. The zero-order valence-electron chi connectivity index (χ0n) is 13.2. The number of hydrogen-bond acceptors (Lipinski definition) is 4. The molecule has 2 aliphatic heterocycles. The van der Waals surface area contributed by atoms with E-state index in [1.165, 1.54) is 38.8 Å². The van der Waals surface area contributed by atoms with Crippen LogP contribution in [0.15, 0.2) is 0 Å². The molecule has 0 bridgehead atoms. The van der Waals surface area contributed by atoms with Crippen molar-refractivity contribution in [1.29, 1.82) is 5.26 Å². The summed E-state index contributed by atoms with van der Waals surface area (Å²) in [5, 5.41) is 12.8. The standard InChI is InChI=1S/C16H30N4/c1-3-8-18-16(2,13-17)14-19-11-7-15(12-19)20-9-5-4-6-10-20/h15,18H,3-12,14H2,1-2H3. The Kier molecular flexibility index (Phi) is 5.83. The Bertz CT molecular complexity index is 332. The number of nitriles is 1. The summed E-state index contributed by atoms with van der Waals surface area (Å²) >= 11 is 0. The molecule has 0 saturated carbocycles. The highest BCUT2D eigenvalue weighted by Gasteiger charge is 2.33. The Labute approximate surface area is 124 Å². The zero-order valence-corrected chi connectivity index (χ0v) is 13.2. The van der Waals surface area contributed by atoms with Crippen LogP contribution in [-0.2, 0) is 0 Å². The van der Waals surface area contributed by atoms with Crippen LogP contribution in [0.5, 0.6) is 0 Å². The van der Waals surface area contributed by atoms with E-state index in [0.29, 0.717) is 0 Å². The van der Waals surface area contributed by atoms with Gasteiger partial charge in [0.25, 0.3) is 0 Å². The topological polar surface area (TPSA) is 42.3 Å². The summed E-state index contributed by atoms with van der Waals surface area (Å²) < 4.78 is 0. The van der Waals surface area contributed by atoms with E-state index in [1.54, 1.807) is 0 Å². The van der Waals surface area contributed by atoms with Gasteiger partial charge in [-0.1, -0.05) is 13.3 Å². The van der Waals surface area contributed by atoms with Crippen molar-refractivity contribution in [3.63, 3.8) is 0 Å². The lowest BCUT2D eigenvalue weighted by molar-refractivity contribution is 0.157. The minimum atomic E-state index is -0.396. The van der Waals surface area contributed by atoms with E-state index in [9.17, 15) is 5.26 Å². The average molecular weight is 278 g/mol. The van der Waals surface area contributed by atoms with Gasteiger partial charge in [-0.05, 0) is 58.8 Å². The lowest BCUT2D eigenvalue weighted by Gasteiger charge is -2.33. The number of likely N-dealkylation sites (tertiary alicyclic amines) is 2. The molecule has 20 heavy (non-hydrogen) atoms. The highest BCUT2D eigenvalue weighted by molar-refractivity contribution is 5.06. The smallest absolute Gasteiger partial charge is 0.116 e. The van der Waals surface area contributed by atoms with Crippen molar-refractivity contribution in [2.45, 2.75) is 57.5 Å². The number of rotatable bonds is 6. The monoisotopic (exact) mass is 278 g/mol. The summed E-state index contributed by atoms with van der Waals surface area (Å²) in [5.41, 5.74) is -0.396. The third-order valence-corrected chi connectivity index (χ3v) is 4.71. The molecule has 114 valence electrons. The van der Waals surface area contributed by atoms with Crippen molar-refractivity contribution in [2.75, 3.05) is 39.3 Å². The highest BCUT2D eigenvalue weighted by atomic mass is 15.3. The van der Waals surface area contributed by atoms with Crippen molar-refractivity contribution >= 4 is 0 Å². The molecule has 0 aromatic heterocycles. The van der Waals surface area contributed by atoms with Crippen LogP contribution in [0.25, 0.3) is 0 Å². The van der Waals surface area contributed by atoms with Crippen molar-refractivity contribution in [3.05, 3.63) is 0 Å². The lowest BCUT2D eigenvalue weighted by atomic mass is 10.0. The summed E-state index contributed by atoms with van der Waals surface area (Å²) in [7, 11) is 0. The van der Waals surface area contributed by atoms with Crippen LogP contribution in [0, 0.1) is 11.3 Å². The van der Waals surface area contributed by atoms with Crippen LogP contribution >= 0.6 is 0 Å². The summed E-state index contributed by atoms with van der Waals surface area (Å²) in [6.45, 7) is 10.8. The van der Waals surface area contributed by atoms with E-state index in [2.05, 4.69) is 28.1 Å². The van der Waals surface area contributed by atoms with Crippen molar-refractivity contribution in [1.82, 2.24) is 15.1 Å². The summed E-state index contributed by atoms with van der Waals surface area (Å²) in [6, 6.07) is 3.19. The number of nitrogens with zero attached hydrogens (tertiary/aromatic N) is 3. The molecule has 2 heterocycles. The normalized spacial score (nSPS) is 28.1. The van der Waals surface area contributed by atoms with Gasteiger partial charge in [0.2, 0.25) is 0 Å². The molecule has 0 aromatic carbocycles. The molecule has 2 rings (SSSR count). The van der Waals surface area contributed by atoms with Crippen molar-refractivity contribution < 1.29 is 0 Å². The molecular formula is C16H30N4.